The maximum absolute atomic E-state index is 9.08. The van der Waals surface area contributed by atoms with E-state index < -0.39 is 0 Å². The zero-order valence-electron chi connectivity index (χ0n) is 10.9. The second-order valence-electron chi connectivity index (χ2n) is 4.92. The molecule has 1 aliphatic rings. The molecule has 0 spiro atoms. The molecule has 1 aromatic carbocycles. The predicted octanol–water partition coefficient (Wildman–Crippen LogP) is 1.70. The summed E-state index contributed by atoms with van der Waals surface area (Å²) in [4.78, 5) is 2.40. The molecule has 3 nitrogen and oxygen atoms in total. The number of aryl methyl sites for hydroxylation is 1. The summed E-state index contributed by atoms with van der Waals surface area (Å²) >= 11 is 0. The van der Waals surface area contributed by atoms with Crippen molar-refractivity contribution in [2.75, 3.05) is 32.8 Å². The molecule has 100 valence electrons. The molecule has 0 aliphatic carbocycles. The van der Waals surface area contributed by atoms with Gasteiger partial charge in [-0.1, -0.05) is 30.3 Å². The van der Waals surface area contributed by atoms with Gasteiger partial charge >= 0.3 is 0 Å². The molecule has 1 N–H and O–H groups in total. The van der Waals surface area contributed by atoms with Crippen LogP contribution in [0.4, 0.5) is 0 Å². The first-order valence-electron chi connectivity index (χ1n) is 6.87. The van der Waals surface area contributed by atoms with Crippen LogP contribution in [0.2, 0.25) is 0 Å². The van der Waals surface area contributed by atoms with E-state index in [-0.39, 0.29) is 12.7 Å². The molecule has 0 aromatic heterocycles. The minimum Gasteiger partial charge on any atom is -0.394 e. The monoisotopic (exact) mass is 249 g/mol. The third-order valence-electron chi connectivity index (χ3n) is 3.46. The number of nitrogens with zero attached hydrogens (tertiary/aromatic N) is 1. The van der Waals surface area contributed by atoms with Crippen molar-refractivity contribution in [3.8, 4) is 0 Å². The lowest BCUT2D eigenvalue weighted by Gasteiger charge is -2.31. The van der Waals surface area contributed by atoms with E-state index >= 15 is 0 Å². The van der Waals surface area contributed by atoms with Crippen LogP contribution < -0.4 is 0 Å². The molecule has 1 fully saturated rings. The Morgan fingerprint density at radius 1 is 1.22 bits per heavy atom. The van der Waals surface area contributed by atoms with Crippen molar-refractivity contribution < 1.29 is 9.84 Å². The Labute approximate surface area is 109 Å². The molecule has 0 radical (unpaired) electrons. The van der Waals surface area contributed by atoms with Crippen LogP contribution in [0.3, 0.4) is 0 Å². The summed E-state index contributed by atoms with van der Waals surface area (Å²) in [6, 6.07) is 10.6. The number of morpholine rings is 1. The van der Waals surface area contributed by atoms with Gasteiger partial charge in [-0.2, -0.15) is 0 Å². The Balaban J connectivity index is 1.60. The predicted molar refractivity (Wildman–Crippen MR) is 72.6 cm³/mol. The smallest absolute Gasteiger partial charge is 0.0932 e. The Morgan fingerprint density at radius 2 is 2.06 bits per heavy atom. The molecule has 0 saturated carbocycles. The van der Waals surface area contributed by atoms with Crippen molar-refractivity contribution in [2.24, 2.45) is 0 Å². The summed E-state index contributed by atoms with van der Waals surface area (Å²) in [7, 11) is 0. The zero-order valence-corrected chi connectivity index (χ0v) is 10.9. The minimum absolute atomic E-state index is 0.0212. The Kier molecular flexibility index (Phi) is 5.65. The van der Waals surface area contributed by atoms with Gasteiger partial charge in [0.05, 0.1) is 19.3 Å². The van der Waals surface area contributed by atoms with Crippen molar-refractivity contribution in [2.45, 2.75) is 25.4 Å². The van der Waals surface area contributed by atoms with E-state index in [1.165, 1.54) is 18.4 Å². The molecular formula is C15H23NO2. The SMILES string of the molecule is OCC1CN(CCCCc2ccccc2)CCO1. The zero-order chi connectivity index (χ0) is 12.6. The highest BCUT2D eigenvalue weighted by atomic mass is 16.5. The highest BCUT2D eigenvalue weighted by molar-refractivity contribution is 5.14. The number of aliphatic hydroxyl groups excluding tert-OH is 1. The molecule has 1 saturated heterocycles. The highest BCUT2D eigenvalue weighted by Gasteiger charge is 2.18. The van der Waals surface area contributed by atoms with E-state index in [2.05, 4.69) is 35.2 Å². The highest BCUT2D eigenvalue weighted by Crippen LogP contribution is 2.08. The van der Waals surface area contributed by atoms with Crippen LogP contribution in [0.15, 0.2) is 30.3 Å². The molecule has 0 bridgehead atoms. The van der Waals surface area contributed by atoms with Crippen molar-refractivity contribution in [1.82, 2.24) is 4.90 Å². The van der Waals surface area contributed by atoms with Crippen LogP contribution in [-0.2, 0) is 11.2 Å². The fourth-order valence-electron chi connectivity index (χ4n) is 2.40. The van der Waals surface area contributed by atoms with E-state index in [0.717, 1.165) is 32.7 Å². The Bertz CT molecular complexity index is 329. The number of benzene rings is 1. The molecular weight excluding hydrogens is 226 g/mol. The first-order chi connectivity index (χ1) is 8.88. The van der Waals surface area contributed by atoms with Crippen LogP contribution in [0.5, 0.6) is 0 Å². The van der Waals surface area contributed by atoms with E-state index in [1.54, 1.807) is 0 Å². The number of hydrogen-bond donors (Lipinski definition) is 1. The fraction of sp³-hybridized carbons (Fsp3) is 0.600. The first-order valence-corrected chi connectivity index (χ1v) is 6.87. The van der Waals surface area contributed by atoms with E-state index in [0.29, 0.717) is 0 Å². The molecule has 18 heavy (non-hydrogen) atoms. The largest absolute Gasteiger partial charge is 0.394 e. The van der Waals surface area contributed by atoms with Gasteiger partial charge in [-0.15, -0.1) is 0 Å². The van der Waals surface area contributed by atoms with Gasteiger partial charge in [0, 0.05) is 13.1 Å². The maximum atomic E-state index is 9.08. The average Bonchev–Trinajstić information content (AvgIpc) is 2.45. The van der Waals surface area contributed by atoms with Crippen molar-refractivity contribution in [3.05, 3.63) is 35.9 Å². The average molecular weight is 249 g/mol. The Morgan fingerprint density at radius 3 is 2.83 bits per heavy atom. The van der Waals surface area contributed by atoms with E-state index in [9.17, 15) is 0 Å². The van der Waals surface area contributed by atoms with Gasteiger partial charge in [0.1, 0.15) is 0 Å². The standard InChI is InChI=1S/C15H23NO2/c17-13-15-12-16(10-11-18-15)9-5-4-8-14-6-2-1-3-7-14/h1-3,6-7,15,17H,4-5,8-13H2. The lowest BCUT2D eigenvalue weighted by Crippen LogP contribution is -2.44. The van der Waals surface area contributed by atoms with Gasteiger partial charge in [-0.25, -0.2) is 0 Å². The van der Waals surface area contributed by atoms with Gasteiger partial charge in [0.15, 0.2) is 0 Å². The third-order valence-corrected chi connectivity index (χ3v) is 3.46. The molecule has 0 amide bonds. The summed E-state index contributed by atoms with van der Waals surface area (Å²) in [6.07, 6.45) is 3.63. The second-order valence-corrected chi connectivity index (χ2v) is 4.92. The van der Waals surface area contributed by atoms with Crippen LogP contribution in [0, 0.1) is 0 Å². The summed E-state index contributed by atoms with van der Waals surface area (Å²) < 4.78 is 5.44. The summed E-state index contributed by atoms with van der Waals surface area (Å²) in [5.74, 6) is 0. The van der Waals surface area contributed by atoms with Gasteiger partial charge in [0.25, 0.3) is 0 Å². The van der Waals surface area contributed by atoms with Crippen molar-refractivity contribution >= 4 is 0 Å². The van der Waals surface area contributed by atoms with Crippen LogP contribution in [-0.4, -0.2) is 49.0 Å². The van der Waals surface area contributed by atoms with Gasteiger partial charge in [-0.05, 0) is 31.4 Å². The third kappa shape index (κ3) is 4.41. The molecule has 3 heteroatoms. The molecule has 2 rings (SSSR count). The van der Waals surface area contributed by atoms with Crippen LogP contribution in [0.25, 0.3) is 0 Å². The minimum atomic E-state index is 0.0212. The second kappa shape index (κ2) is 7.52. The molecule has 1 aromatic rings. The van der Waals surface area contributed by atoms with E-state index in [4.69, 9.17) is 9.84 Å². The van der Waals surface area contributed by atoms with E-state index in [1.807, 2.05) is 0 Å². The van der Waals surface area contributed by atoms with Crippen molar-refractivity contribution in [1.29, 1.82) is 0 Å². The van der Waals surface area contributed by atoms with Gasteiger partial charge in [0.2, 0.25) is 0 Å². The number of ether oxygens (including phenoxy) is 1. The lowest BCUT2D eigenvalue weighted by atomic mass is 10.1. The maximum Gasteiger partial charge on any atom is 0.0932 e. The first kappa shape index (κ1) is 13.5. The van der Waals surface area contributed by atoms with Gasteiger partial charge < -0.3 is 9.84 Å². The lowest BCUT2D eigenvalue weighted by molar-refractivity contribution is -0.0529. The molecule has 1 unspecified atom stereocenters. The summed E-state index contributed by atoms with van der Waals surface area (Å²) in [6.45, 7) is 3.89. The molecule has 1 aliphatic heterocycles. The molecule has 1 heterocycles. The van der Waals surface area contributed by atoms with Gasteiger partial charge in [-0.3, -0.25) is 4.90 Å². The number of rotatable bonds is 6. The quantitative estimate of drug-likeness (QED) is 0.779. The fourth-order valence-corrected chi connectivity index (χ4v) is 2.40. The number of unbranched alkanes of at least 4 members (excludes halogenated alkanes) is 1. The van der Waals surface area contributed by atoms with Crippen LogP contribution in [0.1, 0.15) is 18.4 Å². The Hall–Kier alpha value is -0.900. The summed E-state index contributed by atoms with van der Waals surface area (Å²) in [5.41, 5.74) is 1.42. The van der Waals surface area contributed by atoms with Crippen LogP contribution >= 0.6 is 0 Å². The normalized spacial score (nSPS) is 21.1. The number of aliphatic hydroxyl groups is 1. The topological polar surface area (TPSA) is 32.7 Å². The molecule has 1 atom stereocenters. The van der Waals surface area contributed by atoms with Crippen molar-refractivity contribution in [3.63, 3.8) is 0 Å². The number of hydrogen-bond acceptors (Lipinski definition) is 3. The summed E-state index contributed by atoms with van der Waals surface area (Å²) in [5, 5.41) is 9.08.